The number of piperidine rings is 1. The molecule has 0 saturated carbocycles. The monoisotopic (exact) mass is 259 g/mol. The van der Waals surface area contributed by atoms with Crippen LogP contribution in [0.5, 0.6) is 0 Å². The van der Waals surface area contributed by atoms with Gasteiger partial charge in [0.1, 0.15) is 0 Å². The molecule has 4 nitrogen and oxygen atoms in total. The van der Waals surface area contributed by atoms with Crippen LogP contribution in [0.25, 0.3) is 0 Å². The summed E-state index contributed by atoms with van der Waals surface area (Å²) < 4.78 is 0. The highest BCUT2D eigenvalue weighted by molar-refractivity contribution is 5.85. The second-order valence-electron chi connectivity index (χ2n) is 5.95. The van der Waals surface area contributed by atoms with E-state index < -0.39 is 0 Å². The number of aromatic nitrogens is 1. The molecule has 0 bridgehead atoms. The van der Waals surface area contributed by atoms with Gasteiger partial charge in [-0.05, 0) is 50.6 Å². The van der Waals surface area contributed by atoms with Crippen LogP contribution in [0.4, 0.5) is 0 Å². The fraction of sp³-hybridized carbons (Fsp3) is 0.600. The molecular formula is C15H21N3O. The van der Waals surface area contributed by atoms with Gasteiger partial charge >= 0.3 is 0 Å². The molecule has 4 heteroatoms. The van der Waals surface area contributed by atoms with Gasteiger partial charge in [0.05, 0.1) is 5.41 Å². The fourth-order valence-electron chi connectivity index (χ4n) is 3.49. The van der Waals surface area contributed by atoms with E-state index in [1.165, 1.54) is 5.56 Å². The third-order valence-electron chi connectivity index (χ3n) is 4.49. The lowest BCUT2D eigenvalue weighted by Gasteiger charge is -2.37. The third kappa shape index (κ3) is 2.37. The molecule has 0 aromatic carbocycles. The Morgan fingerprint density at radius 3 is 2.79 bits per heavy atom. The average molecular weight is 259 g/mol. The lowest BCUT2D eigenvalue weighted by atomic mass is 9.78. The SMILES string of the molecule is CN1CCCC2(CCN(Cc3ccncc3)C2=O)C1. The standard InChI is InChI=1S/C15H21N3O/c1-17-9-2-5-15(12-17)6-10-18(14(15)19)11-13-3-7-16-8-4-13/h3-4,7-8H,2,5-6,9-12H2,1H3. The number of carbonyl (C=O) groups is 1. The van der Waals surface area contributed by atoms with E-state index in [0.29, 0.717) is 5.91 Å². The van der Waals surface area contributed by atoms with E-state index in [9.17, 15) is 4.79 Å². The highest BCUT2D eigenvalue weighted by atomic mass is 16.2. The summed E-state index contributed by atoms with van der Waals surface area (Å²) in [6, 6.07) is 3.98. The first kappa shape index (κ1) is 12.6. The summed E-state index contributed by atoms with van der Waals surface area (Å²) in [5.74, 6) is 0.357. The van der Waals surface area contributed by atoms with Crippen LogP contribution in [0.2, 0.25) is 0 Å². The third-order valence-corrected chi connectivity index (χ3v) is 4.49. The Morgan fingerprint density at radius 1 is 1.26 bits per heavy atom. The second kappa shape index (κ2) is 4.93. The van der Waals surface area contributed by atoms with E-state index in [1.54, 1.807) is 12.4 Å². The minimum absolute atomic E-state index is 0.0972. The minimum Gasteiger partial charge on any atom is -0.338 e. The van der Waals surface area contributed by atoms with Gasteiger partial charge in [-0.25, -0.2) is 0 Å². The average Bonchev–Trinajstić information content (AvgIpc) is 2.69. The predicted molar refractivity (Wildman–Crippen MR) is 73.4 cm³/mol. The maximum Gasteiger partial charge on any atom is 0.230 e. The highest BCUT2D eigenvalue weighted by Crippen LogP contribution is 2.40. The smallest absolute Gasteiger partial charge is 0.230 e. The van der Waals surface area contributed by atoms with E-state index in [-0.39, 0.29) is 5.41 Å². The molecule has 2 saturated heterocycles. The number of likely N-dealkylation sites (tertiary alicyclic amines) is 2. The molecule has 1 amide bonds. The summed E-state index contributed by atoms with van der Waals surface area (Å²) in [4.78, 5) is 21.1. The Bertz CT molecular complexity index is 462. The Balaban J connectivity index is 1.72. The van der Waals surface area contributed by atoms with Gasteiger partial charge in [-0.3, -0.25) is 9.78 Å². The molecule has 3 rings (SSSR count). The van der Waals surface area contributed by atoms with Crippen LogP contribution in [0, 0.1) is 5.41 Å². The van der Waals surface area contributed by atoms with Crippen molar-refractivity contribution in [3.05, 3.63) is 30.1 Å². The van der Waals surface area contributed by atoms with E-state index in [4.69, 9.17) is 0 Å². The summed E-state index contributed by atoms with van der Waals surface area (Å²) in [6.45, 7) is 3.68. The van der Waals surface area contributed by atoms with Crippen molar-refractivity contribution in [3.8, 4) is 0 Å². The zero-order chi connectivity index (χ0) is 13.3. The van der Waals surface area contributed by atoms with Gasteiger partial charge < -0.3 is 9.80 Å². The number of amides is 1. The lowest BCUT2D eigenvalue weighted by Crippen LogP contribution is -2.46. The maximum atomic E-state index is 12.7. The normalized spacial score (nSPS) is 28.3. The van der Waals surface area contributed by atoms with Gasteiger partial charge in [0.25, 0.3) is 0 Å². The van der Waals surface area contributed by atoms with Crippen molar-refractivity contribution in [2.75, 3.05) is 26.7 Å². The van der Waals surface area contributed by atoms with Crippen LogP contribution in [0.15, 0.2) is 24.5 Å². The van der Waals surface area contributed by atoms with E-state index >= 15 is 0 Å². The summed E-state index contributed by atoms with van der Waals surface area (Å²) >= 11 is 0. The lowest BCUT2D eigenvalue weighted by molar-refractivity contribution is -0.139. The van der Waals surface area contributed by atoms with Crippen molar-refractivity contribution < 1.29 is 4.79 Å². The van der Waals surface area contributed by atoms with E-state index in [0.717, 1.165) is 45.4 Å². The Morgan fingerprint density at radius 2 is 2.05 bits per heavy atom. The molecule has 1 unspecified atom stereocenters. The van der Waals surface area contributed by atoms with E-state index in [1.807, 2.05) is 17.0 Å². The number of nitrogens with zero attached hydrogens (tertiary/aromatic N) is 3. The molecular weight excluding hydrogens is 238 g/mol. The largest absolute Gasteiger partial charge is 0.338 e. The number of pyridine rings is 1. The van der Waals surface area contributed by atoms with Gasteiger partial charge in [0.2, 0.25) is 5.91 Å². The van der Waals surface area contributed by atoms with Gasteiger partial charge in [-0.1, -0.05) is 0 Å². The summed E-state index contributed by atoms with van der Waals surface area (Å²) in [5, 5.41) is 0. The zero-order valence-electron chi connectivity index (χ0n) is 11.5. The molecule has 2 aliphatic rings. The topological polar surface area (TPSA) is 36.4 Å². The molecule has 1 aromatic rings. The summed E-state index contributed by atoms with van der Waals surface area (Å²) in [5.41, 5.74) is 1.07. The second-order valence-corrected chi connectivity index (χ2v) is 5.95. The number of hydrogen-bond donors (Lipinski definition) is 0. The number of rotatable bonds is 2. The van der Waals surface area contributed by atoms with Gasteiger partial charge in [0, 0.05) is 32.0 Å². The van der Waals surface area contributed by atoms with Crippen LogP contribution in [-0.2, 0) is 11.3 Å². The molecule has 1 spiro atoms. The molecule has 0 N–H and O–H groups in total. The van der Waals surface area contributed by atoms with Crippen LogP contribution < -0.4 is 0 Å². The first-order valence-corrected chi connectivity index (χ1v) is 7.06. The molecule has 2 aliphatic heterocycles. The first-order chi connectivity index (χ1) is 9.20. The van der Waals surface area contributed by atoms with E-state index in [2.05, 4.69) is 16.9 Å². The Kier molecular flexibility index (Phi) is 3.27. The zero-order valence-corrected chi connectivity index (χ0v) is 11.5. The van der Waals surface area contributed by atoms with Crippen LogP contribution in [0.3, 0.4) is 0 Å². The molecule has 3 heterocycles. The maximum absolute atomic E-state index is 12.7. The van der Waals surface area contributed by atoms with Crippen LogP contribution >= 0.6 is 0 Å². The van der Waals surface area contributed by atoms with Crippen molar-refractivity contribution in [1.82, 2.24) is 14.8 Å². The summed E-state index contributed by atoms with van der Waals surface area (Å²) in [7, 11) is 2.12. The van der Waals surface area contributed by atoms with Gasteiger partial charge in [-0.2, -0.15) is 0 Å². The Labute approximate surface area is 114 Å². The molecule has 19 heavy (non-hydrogen) atoms. The van der Waals surface area contributed by atoms with Crippen LogP contribution in [-0.4, -0.2) is 47.4 Å². The Hall–Kier alpha value is -1.42. The molecule has 0 radical (unpaired) electrons. The van der Waals surface area contributed by atoms with Crippen LogP contribution in [0.1, 0.15) is 24.8 Å². The first-order valence-electron chi connectivity index (χ1n) is 7.06. The number of hydrogen-bond acceptors (Lipinski definition) is 3. The quantitative estimate of drug-likeness (QED) is 0.808. The van der Waals surface area contributed by atoms with Crippen molar-refractivity contribution in [3.63, 3.8) is 0 Å². The molecule has 1 aromatic heterocycles. The molecule has 0 aliphatic carbocycles. The number of carbonyl (C=O) groups excluding carboxylic acids is 1. The van der Waals surface area contributed by atoms with Crippen molar-refractivity contribution in [2.24, 2.45) is 5.41 Å². The van der Waals surface area contributed by atoms with Gasteiger partial charge in [0.15, 0.2) is 0 Å². The molecule has 1 atom stereocenters. The van der Waals surface area contributed by atoms with Gasteiger partial charge in [-0.15, -0.1) is 0 Å². The molecule has 102 valence electrons. The fourth-order valence-corrected chi connectivity index (χ4v) is 3.49. The van der Waals surface area contributed by atoms with Crippen molar-refractivity contribution in [2.45, 2.75) is 25.8 Å². The van der Waals surface area contributed by atoms with Crippen molar-refractivity contribution >= 4 is 5.91 Å². The minimum atomic E-state index is -0.0972. The highest BCUT2D eigenvalue weighted by Gasteiger charge is 2.47. The predicted octanol–water partition coefficient (Wildman–Crippen LogP) is 1.53. The molecule has 2 fully saturated rings. The summed E-state index contributed by atoms with van der Waals surface area (Å²) in [6.07, 6.45) is 6.80. The van der Waals surface area contributed by atoms with Crippen molar-refractivity contribution in [1.29, 1.82) is 0 Å².